The standard InChI is InChI=1S/C22H32N4O4/c1-16(21(27)24-22(28)23-18-5-3-2-4-6-18)26-11-9-25(10-12-26)14-17-7-8-19-20(13-17)30-15-29-19/h7-8,13,16,18H,2-6,9-12,14-15H2,1H3,(H2,23,24,27,28)/t16-/m0/s1. The summed E-state index contributed by atoms with van der Waals surface area (Å²) >= 11 is 0. The van der Waals surface area contributed by atoms with Crippen molar-refractivity contribution in [3.05, 3.63) is 23.8 Å². The summed E-state index contributed by atoms with van der Waals surface area (Å²) in [6, 6.07) is 5.58. The van der Waals surface area contributed by atoms with Crippen LogP contribution in [0.4, 0.5) is 4.79 Å². The number of benzene rings is 1. The van der Waals surface area contributed by atoms with E-state index in [-0.39, 0.29) is 30.8 Å². The van der Waals surface area contributed by atoms with Gasteiger partial charge in [-0.3, -0.25) is 19.9 Å². The summed E-state index contributed by atoms with van der Waals surface area (Å²) in [6.45, 7) is 6.34. The number of ether oxygens (including phenoxy) is 2. The van der Waals surface area contributed by atoms with Gasteiger partial charge in [-0.25, -0.2) is 4.79 Å². The summed E-state index contributed by atoms with van der Waals surface area (Å²) in [7, 11) is 0. The quantitative estimate of drug-likeness (QED) is 0.765. The lowest BCUT2D eigenvalue weighted by Gasteiger charge is -2.37. The maximum absolute atomic E-state index is 12.5. The molecule has 1 saturated heterocycles. The average Bonchev–Trinajstić information content (AvgIpc) is 3.22. The third-order valence-electron chi connectivity index (χ3n) is 6.35. The molecule has 0 radical (unpaired) electrons. The van der Waals surface area contributed by atoms with Gasteiger partial charge in [0.25, 0.3) is 0 Å². The highest BCUT2D eigenvalue weighted by Crippen LogP contribution is 2.32. The summed E-state index contributed by atoms with van der Waals surface area (Å²) in [5.41, 5.74) is 1.19. The highest BCUT2D eigenvalue weighted by atomic mass is 16.7. The first-order valence-electron chi connectivity index (χ1n) is 11.0. The largest absolute Gasteiger partial charge is 0.454 e. The topological polar surface area (TPSA) is 83.1 Å². The van der Waals surface area contributed by atoms with Crippen molar-refractivity contribution in [3.8, 4) is 11.5 Å². The fourth-order valence-corrected chi connectivity index (χ4v) is 4.46. The van der Waals surface area contributed by atoms with Crippen LogP contribution in [-0.2, 0) is 11.3 Å². The summed E-state index contributed by atoms with van der Waals surface area (Å²) in [5, 5.41) is 5.47. The molecule has 3 amide bonds. The second-order valence-corrected chi connectivity index (χ2v) is 8.47. The van der Waals surface area contributed by atoms with E-state index in [2.05, 4.69) is 26.5 Å². The summed E-state index contributed by atoms with van der Waals surface area (Å²) in [4.78, 5) is 29.2. The van der Waals surface area contributed by atoms with Crippen LogP contribution in [0.3, 0.4) is 0 Å². The zero-order valence-corrected chi connectivity index (χ0v) is 17.7. The molecule has 1 saturated carbocycles. The first-order valence-corrected chi connectivity index (χ1v) is 11.0. The third-order valence-corrected chi connectivity index (χ3v) is 6.35. The molecule has 0 spiro atoms. The van der Waals surface area contributed by atoms with Crippen LogP contribution in [0.15, 0.2) is 18.2 Å². The van der Waals surface area contributed by atoms with Gasteiger partial charge in [0.1, 0.15) is 0 Å². The van der Waals surface area contributed by atoms with Crippen molar-refractivity contribution >= 4 is 11.9 Å². The van der Waals surface area contributed by atoms with Gasteiger partial charge >= 0.3 is 6.03 Å². The number of nitrogens with zero attached hydrogens (tertiary/aromatic N) is 2. The maximum Gasteiger partial charge on any atom is 0.321 e. The molecule has 2 fully saturated rings. The van der Waals surface area contributed by atoms with Crippen molar-refractivity contribution < 1.29 is 19.1 Å². The summed E-state index contributed by atoms with van der Waals surface area (Å²) in [5.74, 6) is 1.38. The van der Waals surface area contributed by atoms with Crippen LogP contribution in [0.2, 0.25) is 0 Å². The molecule has 2 heterocycles. The molecule has 1 atom stereocenters. The van der Waals surface area contributed by atoms with Gasteiger partial charge in [-0.05, 0) is 37.5 Å². The molecule has 1 aromatic carbocycles. The number of nitrogens with one attached hydrogen (secondary N) is 2. The van der Waals surface area contributed by atoms with Crippen LogP contribution in [-0.4, -0.2) is 66.8 Å². The SMILES string of the molecule is C[C@@H](C(=O)NC(=O)NC1CCCCC1)N1CCN(Cc2ccc3c(c2)OCO3)CC1. The highest BCUT2D eigenvalue weighted by Gasteiger charge is 2.27. The number of urea groups is 1. The fourth-order valence-electron chi connectivity index (χ4n) is 4.46. The molecule has 0 bridgehead atoms. The molecule has 3 aliphatic rings. The minimum absolute atomic E-state index is 0.196. The van der Waals surface area contributed by atoms with Crippen molar-refractivity contribution in [3.63, 3.8) is 0 Å². The predicted molar refractivity (Wildman–Crippen MR) is 112 cm³/mol. The summed E-state index contributed by atoms with van der Waals surface area (Å²) in [6.07, 6.45) is 5.53. The Hall–Kier alpha value is -2.32. The molecule has 0 aromatic heterocycles. The van der Waals surface area contributed by atoms with Gasteiger partial charge < -0.3 is 14.8 Å². The molecular weight excluding hydrogens is 384 g/mol. The Kier molecular flexibility index (Phi) is 6.74. The lowest BCUT2D eigenvalue weighted by Crippen LogP contribution is -2.55. The molecule has 8 nitrogen and oxygen atoms in total. The Labute approximate surface area is 177 Å². The van der Waals surface area contributed by atoms with Crippen LogP contribution in [0.1, 0.15) is 44.6 Å². The molecule has 8 heteroatoms. The molecule has 2 N–H and O–H groups in total. The number of hydrogen-bond donors (Lipinski definition) is 2. The van der Waals surface area contributed by atoms with E-state index in [9.17, 15) is 9.59 Å². The molecule has 4 rings (SSSR count). The van der Waals surface area contributed by atoms with Crippen LogP contribution in [0, 0.1) is 0 Å². The van der Waals surface area contributed by atoms with Crippen molar-refractivity contribution in [1.29, 1.82) is 0 Å². The lowest BCUT2D eigenvalue weighted by molar-refractivity contribution is -0.125. The van der Waals surface area contributed by atoms with E-state index >= 15 is 0 Å². The maximum atomic E-state index is 12.5. The number of carbonyl (C=O) groups excluding carboxylic acids is 2. The Balaban J connectivity index is 1.20. The smallest absolute Gasteiger partial charge is 0.321 e. The number of hydrogen-bond acceptors (Lipinski definition) is 6. The van der Waals surface area contributed by atoms with E-state index < -0.39 is 0 Å². The van der Waals surface area contributed by atoms with Crippen LogP contribution in [0.25, 0.3) is 0 Å². The zero-order chi connectivity index (χ0) is 20.9. The lowest BCUT2D eigenvalue weighted by atomic mass is 9.96. The number of imide groups is 1. The molecule has 164 valence electrons. The van der Waals surface area contributed by atoms with Crippen LogP contribution >= 0.6 is 0 Å². The highest BCUT2D eigenvalue weighted by molar-refractivity contribution is 5.96. The summed E-state index contributed by atoms with van der Waals surface area (Å²) < 4.78 is 10.8. The Morgan fingerprint density at radius 3 is 2.57 bits per heavy atom. The first-order chi connectivity index (χ1) is 14.6. The van der Waals surface area contributed by atoms with E-state index in [1.165, 1.54) is 12.0 Å². The van der Waals surface area contributed by atoms with Gasteiger partial charge in [-0.1, -0.05) is 25.3 Å². The Morgan fingerprint density at radius 1 is 1.07 bits per heavy atom. The Morgan fingerprint density at radius 2 is 1.80 bits per heavy atom. The van der Waals surface area contributed by atoms with E-state index in [1.54, 1.807) is 0 Å². The molecule has 1 aromatic rings. The van der Waals surface area contributed by atoms with Gasteiger partial charge in [-0.15, -0.1) is 0 Å². The van der Waals surface area contributed by atoms with E-state index in [1.807, 2.05) is 19.1 Å². The van der Waals surface area contributed by atoms with Gasteiger partial charge in [0.15, 0.2) is 11.5 Å². The van der Waals surface area contributed by atoms with Crippen LogP contribution < -0.4 is 20.1 Å². The zero-order valence-electron chi connectivity index (χ0n) is 17.7. The van der Waals surface area contributed by atoms with E-state index in [0.717, 1.165) is 69.9 Å². The van der Waals surface area contributed by atoms with Gasteiger partial charge in [0.2, 0.25) is 12.7 Å². The fraction of sp³-hybridized carbons (Fsp3) is 0.636. The minimum Gasteiger partial charge on any atom is -0.454 e. The Bertz CT molecular complexity index is 758. The van der Waals surface area contributed by atoms with Crippen LogP contribution in [0.5, 0.6) is 11.5 Å². The van der Waals surface area contributed by atoms with Crippen molar-refractivity contribution in [1.82, 2.24) is 20.4 Å². The number of amides is 3. The van der Waals surface area contributed by atoms with Gasteiger partial charge in [0, 0.05) is 38.8 Å². The number of fused-ring (bicyclic) bond motifs is 1. The number of carbonyl (C=O) groups is 2. The molecule has 30 heavy (non-hydrogen) atoms. The van der Waals surface area contributed by atoms with E-state index in [0.29, 0.717) is 0 Å². The van der Waals surface area contributed by atoms with Gasteiger partial charge in [0.05, 0.1) is 6.04 Å². The average molecular weight is 417 g/mol. The van der Waals surface area contributed by atoms with Gasteiger partial charge in [-0.2, -0.15) is 0 Å². The van der Waals surface area contributed by atoms with E-state index in [4.69, 9.17) is 9.47 Å². The second kappa shape index (κ2) is 9.66. The second-order valence-electron chi connectivity index (χ2n) is 8.47. The molecule has 0 unspecified atom stereocenters. The molecular formula is C22H32N4O4. The minimum atomic E-state index is -0.361. The predicted octanol–water partition coefficient (Wildman–Crippen LogP) is 2.08. The molecule has 1 aliphatic carbocycles. The van der Waals surface area contributed by atoms with Crippen molar-refractivity contribution in [2.75, 3.05) is 33.0 Å². The number of rotatable bonds is 5. The normalized spacial score (nSPS) is 21.2. The molecule has 2 aliphatic heterocycles. The number of piperazine rings is 1. The first kappa shape index (κ1) is 20.9. The third kappa shape index (κ3) is 5.23. The van der Waals surface area contributed by atoms with Crippen molar-refractivity contribution in [2.24, 2.45) is 0 Å². The van der Waals surface area contributed by atoms with Crippen molar-refractivity contribution in [2.45, 2.75) is 57.7 Å². The monoisotopic (exact) mass is 416 g/mol.